The Morgan fingerprint density at radius 1 is 1.53 bits per heavy atom. The molecule has 0 spiro atoms. The number of unbranched alkanes of at least 4 members (excludes halogenated alkanes) is 1. The van der Waals surface area contributed by atoms with Crippen LogP contribution in [0.25, 0.3) is 0 Å². The highest BCUT2D eigenvalue weighted by Gasteiger charge is 2.21. The number of hydrogen-bond donors (Lipinski definition) is 2. The van der Waals surface area contributed by atoms with Gasteiger partial charge in [-0.2, -0.15) is 0 Å². The van der Waals surface area contributed by atoms with Crippen LogP contribution in [0.15, 0.2) is 18.3 Å². The van der Waals surface area contributed by atoms with Gasteiger partial charge in [-0.25, -0.2) is 0 Å². The summed E-state index contributed by atoms with van der Waals surface area (Å²) < 4.78 is 0. The van der Waals surface area contributed by atoms with Crippen LogP contribution in [-0.2, 0) is 0 Å². The van der Waals surface area contributed by atoms with Gasteiger partial charge in [0.15, 0.2) is 0 Å². The molecule has 0 bridgehead atoms. The Labute approximate surface area is 102 Å². The molecule has 1 fully saturated rings. The molecule has 1 aliphatic carbocycles. The predicted octanol–water partition coefficient (Wildman–Crippen LogP) is 2.19. The molecule has 2 rings (SSSR count). The zero-order valence-corrected chi connectivity index (χ0v) is 10.2. The first kappa shape index (κ1) is 11.9. The third-order valence-electron chi connectivity index (χ3n) is 2.76. The van der Waals surface area contributed by atoms with E-state index in [0.717, 1.165) is 25.1 Å². The monoisotopic (exact) mass is 233 g/mol. The van der Waals surface area contributed by atoms with Crippen LogP contribution in [0.2, 0.25) is 0 Å². The Balaban J connectivity index is 1.91. The molecule has 1 aliphatic rings. The van der Waals surface area contributed by atoms with E-state index in [4.69, 9.17) is 0 Å². The second-order valence-corrected chi connectivity index (χ2v) is 4.46. The first-order valence-corrected chi connectivity index (χ1v) is 6.30. The fourth-order valence-electron chi connectivity index (χ4n) is 1.58. The second-order valence-electron chi connectivity index (χ2n) is 4.46. The Morgan fingerprint density at radius 2 is 2.35 bits per heavy atom. The first-order chi connectivity index (χ1) is 8.29. The van der Waals surface area contributed by atoms with Crippen molar-refractivity contribution in [1.82, 2.24) is 10.3 Å². The van der Waals surface area contributed by atoms with Gasteiger partial charge in [-0.05, 0) is 31.4 Å². The van der Waals surface area contributed by atoms with Crippen molar-refractivity contribution in [1.29, 1.82) is 0 Å². The molecule has 0 saturated heterocycles. The lowest BCUT2D eigenvalue weighted by Gasteiger charge is -2.07. The third kappa shape index (κ3) is 3.73. The van der Waals surface area contributed by atoms with E-state index in [1.807, 2.05) is 12.1 Å². The number of aromatic nitrogens is 1. The molecule has 0 radical (unpaired) electrons. The quantitative estimate of drug-likeness (QED) is 0.740. The van der Waals surface area contributed by atoms with Gasteiger partial charge in [-0.15, -0.1) is 0 Å². The number of hydrogen-bond acceptors (Lipinski definition) is 3. The minimum Gasteiger partial charge on any atom is -0.382 e. The lowest BCUT2D eigenvalue weighted by molar-refractivity contribution is 0.0948. The molecular weight excluding hydrogens is 214 g/mol. The van der Waals surface area contributed by atoms with Gasteiger partial charge >= 0.3 is 0 Å². The maximum atomic E-state index is 11.8. The smallest absolute Gasteiger partial charge is 0.269 e. The highest BCUT2D eigenvalue weighted by molar-refractivity contribution is 5.93. The molecule has 1 saturated carbocycles. The average Bonchev–Trinajstić information content (AvgIpc) is 3.13. The van der Waals surface area contributed by atoms with Crippen LogP contribution in [0.1, 0.15) is 43.1 Å². The number of carbonyl (C=O) groups excluding carboxylic acids is 1. The summed E-state index contributed by atoms with van der Waals surface area (Å²) in [7, 11) is 0. The number of amides is 1. The number of pyridine rings is 1. The highest BCUT2D eigenvalue weighted by atomic mass is 16.1. The minimum atomic E-state index is -0.0853. The van der Waals surface area contributed by atoms with Crippen LogP contribution >= 0.6 is 0 Å². The van der Waals surface area contributed by atoms with Crippen LogP contribution in [0.5, 0.6) is 0 Å². The fourth-order valence-corrected chi connectivity index (χ4v) is 1.58. The normalized spacial score (nSPS) is 14.4. The highest BCUT2D eigenvalue weighted by Crippen LogP contribution is 2.24. The molecule has 0 aliphatic heterocycles. The van der Waals surface area contributed by atoms with Gasteiger partial charge in [0.1, 0.15) is 5.69 Å². The van der Waals surface area contributed by atoms with Crippen LogP contribution in [0, 0.1) is 0 Å². The molecule has 1 amide bonds. The number of nitrogens with zero attached hydrogens (tertiary/aromatic N) is 1. The number of nitrogens with one attached hydrogen (secondary N) is 2. The molecule has 1 aromatic rings. The van der Waals surface area contributed by atoms with Crippen molar-refractivity contribution >= 4 is 11.6 Å². The molecule has 4 heteroatoms. The average molecular weight is 233 g/mol. The minimum absolute atomic E-state index is 0.0853. The van der Waals surface area contributed by atoms with Crippen molar-refractivity contribution in [2.45, 2.75) is 38.6 Å². The largest absolute Gasteiger partial charge is 0.382 e. The molecule has 0 aromatic carbocycles. The van der Waals surface area contributed by atoms with Gasteiger partial charge in [-0.3, -0.25) is 9.78 Å². The summed E-state index contributed by atoms with van der Waals surface area (Å²) in [5.74, 6) is -0.0853. The van der Waals surface area contributed by atoms with Gasteiger partial charge < -0.3 is 10.6 Å². The van der Waals surface area contributed by atoms with Crippen LogP contribution in [0.4, 0.5) is 5.69 Å². The first-order valence-electron chi connectivity index (χ1n) is 6.30. The van der Waals surface area contributed by atoms with Gasteiger partial charge in [0.25, 0.3) is 5.91 Å². The molecule has 1 aromatic heterocycles. The van der Waals surface area contributed by atoms with Crippen molar-refractivity contribution in [2.75, 3.05) is 11.9 Å². The lowest BCUT2D eigenvalue weighted by Crippen LogP contribution is -2.25. The topological polar surface area (TPSA) is 54.0 Å². The van der Waals surface area contributed by atoms with Crippen molar-refractivity contribution in [3.8, 4) is 0 Å². The van der Waals surface area contributed by atoms with E-state index in [1.165, 1.54) is 12.8 Å². The summed E-state index contributed by atoms with van der Waals surface area (Å²) >= 11 is 0. The molecule has 0 unspecified atom stereocenters. The summed E-state index contributed by atoms with van der Waals surface area (Å²) in [4.78, 5) is 15.9. The van der Waals surface area contributed by atoms with Crippen molar-refractivity contribution < 1.29 is 4.79 Å². The van der Waals surface area contributed by atoms with E-state index >= 15 is 0 Å². The zero-order chi connectivity index (χ0) is 12.1. The van der Waals surface area contributed by atoms with E-state index in [1.54, 1.807) is 6.20 Å². The maximum absolute atomic E-state index is 11.8. The fraction of sp³-hybridized carbons (Fsp3) is 0.538. The SMILES string of the molecule is CCCCNC(=O)c1cc(NC2CC2)ccn1. The number of anilines is 1. The van der Waals surface area contributed by atoms with Crippen molar-refractivity contribution in [2.24, 2.45) is 0 Å². The Kier molecular flexibility index (Phi) is 3.96. The van der Waals surface area contributed by atoms with Gasteiger partial charge in [-0.1, -0.05) is 13.3 Å². The number of rotatable bonds is 6. The zero-order valence-electron chi connectivity index (χ0n) is 10.2. The van der Waals surface area contributed by atoms with Gasteiger partial charge in [0, 0.05) is 24.5 Å². The summed E-state index contributed by atoms with van der Waals surface area (Å²) in [6, 6.07) is 4.31. The second kappa shape index (κ2) is 5.66. The standard InChI is InChI=1S/C13H19N3O/c1-2-3-7-15-13(17)12-9-11(6-8-14-12)16-10-4-5-10/h6,8-10H,2-5,7H2,1H3,(H,14,16)(H,15,17). The summed E-state index contributed by atoms with van der Waals surface area (Å²) in [6.07, 6.45) is 6.21. The Morgan fingerprint density at radius 3 is 3.06 bits per heavy atom. The Hall–Kier alpha value is -1.58. The van der Waals surface area contributed by atoms with Crippen LogP contribution < -0.4 is 10.6 Å². The molecular formula is C13H19N3O. The molecule has 1 heterocycles. The molecule has 92 valence electrons. The third-order valence-corrected chi connectivity index (χ3v) is 2.76. The van der Waals surface area contributed by atoms with E-state index in [2.05, 4.69) is 22.5 Å². The molecule has 2 N–H and O–H groups in total. The van der Waals surface area contributed by atoms with Crippen molar-refractivity contribution in [3.05, 3.63) is 24.0 Å². The number of carbonyl (C=O) groups is 1. The summed E-state index contributed by atoms with van der Waals surface area (Å²) in [5, 5.41) is 6.23. The van der Waals surface area contributed by atoms with Crippen molar-refractivity contribution in [3.63, 3.8) is 0 Å². The van der Waals surface area contributed by atoms with Crippen LogP contribution in [-0.4, -0.2) is 23.5 Å². The molecule has 0 atom stereocenters. The van der Waals surface area contributed by atoms with E-state index in [0.29, 0.717) is 11.7 Å². The summed E-state index contributed by atoms with van der Waals surface area (Å²) in [5.41, 5.74) is 1.48. The van der Waals surface area contributed by atoms with Gasteiger partial charge in [0.05, 0.1) is 0 Å². The van der Waals surface area contributed by atoms with E-state index in [-0.39, 0.29) is 5.91 Å². The predicted molar refractivity (Wildman–Crippen MR) is 68.1 cm³/mol. The maximum Gasteiger partial charge on any atom is 0.269 e. The Bertz CT molecular complexity index is 388. The van der Waals surface area contributed by atoms with E-state index < -0.39 is 0 Å². The van der Waals surface area contributed by atoms with Crippen LogP contribution in [0.3, 0.4) is 0 Å². The summed E-state index contributed by atoms with van der Waals surface area (Å²) in [6.45, 7) is 2.82. The molecule has 17 heavy (non-hydrogen) atoms. The molecule has 4 nitrogen and oxygen atoms in total. The van der Waals surface area contributed by atoms with Gasteiger partial charge in [0.2, 0.25) is 0 Å². The van der Waals surface area contributed by atoms with E-state index in [9.17, 15) is 4.79 Å². The lowest BCUT2D eigenvalue weighted by atomic mass is 10.3.